The lowest BCUT2D eigenvalue weighted by Crippen LogP contribution is -2.18. The number of halogens is 1. The lowest BCUT2D eigenvalue weighted by atomic mass is 10.1. The summed E-state index contributed by atoms with van der Waals surface area (Å²) in [5.74, 6) is -1.23. The Morgan fingerprint density at radius 2 is 1.74 bits per heavy atom. The van der Waals surface area contributed by atoms with Crippen LogP contribution in [-0.2, 0) is 11.2 Å². The third-order valence-electron chi connectivity index (χ3n) is 2.89. The van der Waals surface area contributed by atoms with Gasteiger partial charge in [-0.25, -0.2) is 4.79 Å². The van der Waals surface area contributed by atoms with Crippen LogP contribution < -0.4 is 5.43 Å². The van der Waals surface area contributed by atoms with E-state index in [1.807, 2.05) is 6.07 Å². The second kappa shape index (κ2) is 8.50. The number of nitro benzene ring substituents is 1. The molecule has 7 nitrogen and oxygen atoms in total. The molecule has 0 aromatic heterocycles. The molecule has 2 rings (SSSR count). The van der Waals surface area contributed by atoms with Crippen molar-refractivity contribution in [2.45, 2.75) is 6.42 Å². The third kappa shape index (κ3) is 5.08. The monoisotopic (exact) mass is 335 g/mol. The first-order chi connectivity index (χ1) is 10.6. The van der Waals surface area contributed by atoms with Crippen LogP contribution in [0.3, 0.4) is 0 Å². The van der Waals surface area contributed by atoms with Crippen LogP contribution in [0.5, 0.6) is 0 Å². The Morgan fingerprint density at radius 3 is 2.35 bits per heavy atom. The molecule has 0 atom stereocenters. The molecule has 2 aromatic rings. The van der Waals surface area contributed by atoms with Crippen LogP contribution in [0.1, 0.15) is 5.56 Å². The van der Waals surface area contributed by atoms with Gasteiger partial charge in [-0.1, -0.05) is 36.4 Å². The van der Waals surface area contributed by atoms with Crippen molar-refractivity contribution in [3.8, 4) is 0 Å². The SMILES string of the molecule is Cl.O=C(O)C(Cc1ccccc1[N+](=O)[O-])=NNc1ccccc1. The van der Waals surface area contributed by atoms with Crippen LogP contribution in [-0.4, -0.2) is 21.7 Å². The number of aliphatic carboxylic acids is 1. The maximum atomic E-state index is 11.3. The Kier molecular flexibility index (Phi) is 6.69. The minimum Gasteiger partial charge on any atom is -0.477 e. The molecule has 0 spiro atoms. The number of hydrazone groups is 1. The normalized spacial score (nSPS) is 10.5. The molecule has 0 amide bonds. The Morgan fingerprint density at radius 1 is 1.13 bits per heavy atom. The standard InChI is InChI=1S/C15H13N3O4.ClH/c19-15(20)13(17-16-12-7-2-1-3-8-12)10-11-6-4-5-9-14(11)18(21)22;/h1-9,16H,10H2,(H,19,20);1H. The van der Waals surface area contributed by atoms with E-state index in [1.165, 1.54) is 18.2 Å². The topological polar surface area (TPSA) is 105 Å². The van der Waals surface area contributed by atoms with Gasteiger partial charge in [0.15, 0.2) is 0 Å². The van der Waals surface area contributed by atoms with Crippen LogP contribution in [0.2, 0.25) is 0 Å². The Bertz CT molecular complexity index is 720. The minimum absolute atomic E-state index is 0. The zero-order valence-corrected chi connectivity index (χ0v) is 12.7. The summed E-state index contributed by atoms with van der Waals surface area (Å²) in [4.78, 5) is 21.7. The fourth-order valence-electron chi connectivity index (χ4n) is 1.83. The van der Waals surface area contributed by atoms with Crippen LogP contribution in [0.4, 0.5) is 11.4 Å². The van der Waals surface area contributed by atoms with E-state index in [1.54, 1.807) is 30.3 Å². The van der Waals surface area contributed by atoms with Crippen LogP contribution in [0.25, 0.3) is 0 Å². The van der Waals surface area contributed by atoms with Crippen molar-refractivity contribution in [3.63, 3.8) is 0 Å². The van der Waals surface area contributed by atoms with Gasteiger partial charge >= 0.3 is 5.97 Å². The number of nitrogens with one attached hydrogen (secondary N) is 1. The first kappa shape index (κ1) is 18.1. The number of hydrogen-bond acceptors (Lipinski definition) is 5. The number of carboxylic acids is 1. The van der Waals surface area contributed by atoms with Crippen molar-refractivity contribution in [1.82, 2.24) is 0 Å². The van der Waals surface area contributed by atoms with E-state index in [4.69, 9.17) is 0 Å². The van der Waals surface area contributed by atoms with Crippen molar-refractivity contribution in [1.29, 1.82) is 0 Å². The number of rotatable bonds is 6. The molecule has 0 aliphatic heterocycles. The molecule has 0 aliphatic rings. The van der Waals surface area contributed by atoms with Gasteiger partial charge in [0, 0.05) is 18.1 Å². The zero-order valence-electron chi connectivity index (χ0n) is 11.9. The van der Waals surface area contributed by atoms with Crippen molar-refractivity contribution >= 4 is 35.5 Å². The molecule has 2 N–H and O–H groups in total. The summed E-state index contributed by atoms with van der Waals surface area (Å²) < 4.78 is 0. The van der Waals surface area contributed by atoms with Gasteiger partial charge < -0.3 is 5.11 Å². The number of anilines is 1. The molecule has 0 fully saturated rings. The molecule has 23 heavy (non-hydrogen) atoms. The molecule has 0 saturated heterocycles. The summed E-state index contributed by atoms with van der Waals surface area (Å²) in [5.41, 5.74) is 3.22. The Labute approximate surface area is 138 Å². The molecule has 0 heterocycles. The first-order valence-corrected chi connectivity index (χ1v) is 6.41. The van der Waals surface area contributed by atoms with Crippen molar-refractivity contribution in [2.75, 3.05) is 5.43 Å². The van der Waals surface area contributed by atoms with Gasteiger partial charge in [0.05, 0.1) is 10.6 Å². The minimum atomic E-state index is -1.23. The quantitative estimate of drug-likeness (QED) is 0.479. The fraction of sp³-hybridized carbons (Fsp3) is 0.0667. The predicted molar refractivity (Wildman–Crippen MR) is 89.2 cm³/mol. The molecule has 0 aliphatic carbocycles. The van der Waals surface area contributed by atoms with Crippen molar-refractivity contribution in [2.24, 2.45) is 5.10 Å². The van der Waals surface area contributed by atoms with Gasteiger partial charge in [0.25, 0.3) is 5.69 Å². The predicted octanol–water partition coefficient (Wildman–Crippen LogP) is 3.11. The number of nitro groups is 1. The van der Waals surface area contributed by atoms with E-state index in [9.17, 15) is 20.0 Å². The van der Waals surface area contributed by atoms with Gasteiger partial charge in [-0.3, -0.25) is 15.5 Å². The number of carbonyl (C=O) groups is 1. The van der Waals surface area contributed by atoms with Crippen molar-refractivity contribution in [3.05, 3.63) is 70.3 Å². The smallest absolute Gasteiger partial charge is 0.352 e. The van der Waals surface area contributed by atoms with E-state index in [0.717, 1.165) is 0 Å². The first-order valence-electron chi connectivity index (χ1n) is 6.41. The molecule has 0 saturated carbocycles. The highest BCUT2D eigenvalue weighted by Gasteiger charge is 2.18. The average Bonchev–Trinajstić information content (AvgIpc) is 2.52. The second-order valence-electron chi connectivity index (χ2n) is 4.40. The van der Waals surface area contributed by atoms with E-state index < -0.39 is 10.9 Å². The van der Waals surface area contributed by atoms with Gasteiger partial charge in [-0.2, -0.15) is 5.10 Å². The van der Waals surface area contributed by atoms with Gasteiger partial charge in [0.1, 0.15) is 5.71 Å². The molecular formula is C15H14ClN3O4. The number of para-hydroxylation sites is 2. The second-order valence-corrected chi connectivity index (χ2v) is 4.40. The number of benzene rings is 2. The number of nitrogens with zero attached hydrogens (tertiary/aromatic N) is 2. The maximum absolute atomic E-state index is 11.3. The highest BCUT2D eigenvalue weighted by Crippen LogP contribution is 2.18. The summed E-state index contributed by atoms with van der Waals surface area (Å²) >= 11 is 0. The fourth-order valence-corrected chi connectivity index (χ4v) is 1.83. The highest BCUT2D eigenvalue weighted by atomic mass is 35.5. The molecular weight excluding hydrogens is 322 g/mol. The van der Waals surface area contributed by atoms with E-state index in [-0.39, 0.29) is 30.2 Å². The lowest BCUT2D eigenvalue weighted by Gasteiger charge is -2.05. The van der Waals surface area contributed by atoms with Crippen LogP contribution in [0, 0.1) is 10.1 Å². The highest BCUT2D eigenvalue weighted by molar-refractivity contribution is 6.36. The number of hydrogen-bond donors (Lipinski definition) is 2. The Balaban J connectivity index is 0.00000264. The lowest BCUT2D eigenvalue weighted by molar-refractivity contribution is -0.385. The zero-order chi connectivity index (χ0) is 15.9. The summed E-state index contributed by atoms with van der Waals surface area (Å²) in [6, 6.07) is 14.8. The summed E-state index contributed by atoms with van der Waals surface area (Å²) in [7, 11) is 0. The summed E-state index contributed by atoms with van der Waals surface area (Å²) in [6.45, 7) is 0. The van der Waals surface area contributed by atoms with Gasteiger partial charge in [-0.05, 0) is 12.1 Å². The van der Waals surface area contributed by atoms with Crippen molar-refractivity contribution < 1.29 is 14.8 Å². The van der Waals surface area contributed by atoms with Crippen LogP contribution >= 0.6 is 12.4 Å². The molecule has 0 unspecified atom stereocenters. The van der Waals surface area contributed by atoms with Gasteiger partial charge in [-0.15, -0.1) is 12.4 Å². The summed E-state index contributed by atoms with van der Waals surface area (Å²) in [5, 5.41) is 24.0. The molecule has 2 aromatic carbocycles. The Hall–Kier alpha value is -2.93. The average molecular weight is 336 g/mol. The molecule has 8 heteroatoms. The van der Waals surface area contributed by atoms with E-state index in [2.05, 4.69) is 10.5 Å². The molecule has 120 valence electrons. The maximum Gasteiger partial charge on any atom is 0.352 e. The molecule has 0 radical (unpaired) electrons. The third-order valence-corrected chi connectivity index (χ3v) is 2.89. The van der Waals surface area contributed by atoms with E-state index >= 15 is 0 Å². The summed E-state index contributed by atoms with van der Waals surface area (Å²) in [6.07, 6.45) is -0.147. The van der Waals surface area contributed by atoms with Crippen LogP contribution in [0.15, 0.2) is 59.7 Å². The van der Waals surface area contributed by atoms with E-state index in [0.29, 0.717) is 11.3 Å². The molecule has 0 bridgehead atoms. The number of carboxylic acid groups (broad SMARTS) is 1. The largest absolute Gasteiger partial charge is 0.477 e. The van der Waals surface area contributed by atoms with Gasteiger partial charge in [0.2, 0.25) is 0 Å².